The Morgan fingerprint density at radius 2 is 1.85 bits per heavy atom. The number of thioether (sulfide) groups is 1. The van der Waals surface area contributed by atoms with Gasteiger partial charge in [-0.3, -0.25) is 19.1 Å². The second-order valence-corrected chi connectivity index (χ2v) is 6.96. The molecule has 1 aromatic carbocycles. The number of likely N-dealkylation sites (N-methyl/N-ethyl adjacent to an activating group) is 1. The van der Waals surface area contributed by atoms with Crippen molar-refractivity contribution in [2.24, 2.45) is 0 Å². The molecule has 1 saturated heterocycles. The van der Waals surface area contributed by atoms with Gasteiger partial charge in [0, 0.05) is 38.9 Å². The number of amides is 2. The second-order valence-electron chi connectivity index (χ2n) is 6.18. The van der Waals surface area contributed by atoms with Gasteiger partial charge in [-0.25, -0.2) is 9.37 Å². The number of imidazole rings is 1. The molecule has 7 nitrogen and oxygen atoms in total. The minimum Gasteiger partial charge on any atom is -0.358 e. The summed E-state index contributed by atoms with van der Waals surface area (Å²) in [7, 11) is 1.61. The highest BCUT2D eigenvalue weighted by atomic mass is 32.2. The van der Waals surface area contributed by atoms with E-state index in [1.54, 1.807) is 34.8 Å². The van der Waals surface area contributed by atoms with E-state index >= 15 is 0 Å². The van der Waals surface area contributed by atoms with E-state index in [-0.39, 0.29) is 17.6 Å². The van der Waals surface area contributed by atoms with E-state index in [1.807, 2.05) is 11.2 Å². The number of carbonyl (C=O) groups excluding carboxylic acids is 2. The molecule has 0 radical (unpaired) electrons. The minimum absolute atomic E-state index is 0.0335. The number of rotatable bonds is 5. The molecule has 0 aliphatic carbocycles. The molecule has 1 aliphatic rings. The second kappa shape index (κ2) is 8.53. The highest BCUT2D eigenvalue weighted by Gasteiger charge is 2.26. The predicted molar refractivity (Wildman–Crippen MR) is 102 cm³/mol. The molecule has 2 aromatic rings. The quantitative estimate of drug-likeness (QED) is 0.777. The van der Waals surface area contributed by atoms with Crippen molar-refractivity contribution in [2.45, 2.75) is 5.16 Å². The van der Waals surface area contributed by atoms with Gasteiger partial charge in [0.2, 0.25) is 5.91 Å². The van der Waals surface area contributed by atoms with Gasteiger partial charge >= 0.3 is 0 Å². The van der Waals surface area contributed by atoms with Gasteiger partial charge in [0.25, 0.3) is 5.91 Å². The molecule has 0 spiro atoms. The van der Waals surface area contributed by atoms with Gasteiger partial charge in [0.15, 0.2) is 5.16 Å². The van der Waals surface area contributed by atoms with Crippen LogP contribution in [0.5, 0.6) is 0 Å². The van der Waals surface area contributed by atoms with Gasteiger partial charge in [0.1, 0.15) is 11.5 Å². The van der Waals surface area contributed by atoms with E-state index in [2.05, 4.69) is 10.3 Å². The van der Waals surface area contributed by atoms with E-state index in [9.17, 15) is 14.0 Å². The fourth-order valence-corrected chi connectivity index (χ4v) is 3.57. The summed E-state index contributed by atoms with van der Waals surface area (Å²) < 4.78 is 15.0. The molecule has 0 bridgehead atoms. The third-order valence-electron chi connectivity index (χ3n) is 4.52. The number of nitrogens with zero attached hydrogens (tertiary/aromatic N) is 4. The highest BCUT2D eigenvalue weighted by molar-refractivity contribution is 7.98. The maximum Gasteiger partial charge on any atom is 0.272 e. The maximum atomic E-state index is 13.3. The number of carbonyl (C=O) groups is 2. The van der Waals surface area contributed by atoms with Crippen LogP contribution in [0.3, 0.4) is 0 Å². The molecule has 1 aliphatic heterocycles. The summed E-state index contributed by atoms with van der Waals surface area (Å²) in [4.78, 5) is 32.7. The van der Waals surface area contributed by atoms with Crippen LogP contribution in [0.4, 0.5) is 4.39 Å². The van der Waals surface area contributed by atoms with Gasteiger partial charge < -0.3 is 10.2 Å². The first-order chi connectivity index (χ1) is 13.0. The van der Waals surface area contributed by atoms with Crippen molar-refractivity contribution >= 4 is 23.6 Å². The summed E-state index contributed by atoms with van der Waals surface area (Å²) in [5.74, 6) is -0.481. The van der Waals surface area contributed by atoms with Crippen molar-refractivity contribution in [3.8, 4) is 5.69 Å². The average molecular weight is 391 g/mol. The van der Waals surface area contributed by atoms with Crippen LogP contribution in [0.15, 0.2) is 35.6 Å². The Labute approximate surface area is 161 Å². The Morgan fingerprint density at radius 1 is 1.19 bits per heavy atom. The zero-order valence-corrected chi connectivity index (χ0v) is 16.1. The van der Waals surface area contributed by atoms with E-state index < -0.39 is 0 Å². The van der Waals surface area contributed by atoms with E-state index in [0.717, 1.165) is 0 Å². The van der Waals surface area contributed by atoms with Gasteiger partial charge in [-0.15, -0.1) is 0 Å². The third-order valence-corrected chi connectivity index (χ3v) is 5.17. The molecule has 144 valence electrons. The van der Waals surface area contributed by atoms with E-state index in [4.69, 9.17) is 0 Å². The molecule has 9 heteroatoms. The zero-order chi connectivity index (χ0) is 19.4. The number of nitrogens with one attached hydrogen (secondary N) is 1. The van der Waals surface area contributed by atoms with Crippen molar-refractivity contribution in [3.05, 3.63) is 42.0 Å². The molecule has 0 atom stereocenters. The van der Waals surface area contributed by atoms with Crippen LogP contribution in [0.25, 0.3) is 5.69 Å². The lowest BCUT2D eigenvalue weighted by atomic mass is 10.2. The van der Waals surface area contributed by atoms with Crippen LogP contribution in [-0.2, 0) is 4.79 Å². The molecular formula is C18H22FN5O2S. The summed E-state index contributed by atoms with van der Waals surface area (Å²) in [6.07, 6.45) is 3.45. The number of benzene rings is 1. The lowest BCUT2D eigenvalue weighted by Crippen LogP contribution is -2.51. The molecule has 27 heavy (non-hydrogen) atoms. The number of piperazine rings is 1. The largest absolute Gasteiger partial charge is 0.358 e. The van der Waals surface area contributed by atoms with Gasteiger partial charge in [-0.1, -0.05) is 11.8 Å². The standard InChI is InChI=1S/C18H22FN5O2S/c1-20-16(25)12-22-7-9-23(10-8-22)17(26)15-11-21-18(27-2)24(15)14-5-3-13(19)4-6-14/h3-6,11H,7-10,12H2,1-2H3,(H,20,25). The third kappa shape index (κ3) is 4.30. The van der Waals surface area contributed by atoms with E-state index in [0.29, 0.717) is 49.3 Å². The summed E-state index contributed by atoms with van der Waals surface area (Å²) in [5.41, 5.74) is 1.14. The van der Waals surface area contributed by atoms with Gasteiger partial charge in [0.05, 0.1) is 12.7 Å². The highest BCUT2D eigenvalue weighted by Crippen LogP contribution is 2.23. The molecule has 0 saturated carbocycles. The molecule has 1 aromatic heterocycles. The van der Waals surface area contributed by atoms with Gasteiger partial charge in [-0.2, -0.15) is 0 Å². The molecule has 0 unspecified atom stereocenters. The van der Waals surface area contributed by atoms with Crippen LogP contribution in [-0.4, -0.2) is 77.2 Å². The number of halogens is 1. The molecule has 1 N–H and O–H groups in total. The molecule has 3 rings (SSSR count). The Morgan fingerprint density at radius 3 is 2.44 bits per heavy atom. The summed E-state index contributed by atoms with van der Waals surface area (Å²) in [6, 6.07) is 6.00. The van der Waals surface area contributed by atoms with Crippen LogP contribution in [0.2, 0.25) is 0 Å². The normalized spacial score (nSPS) is 15.0. The van der Waals surface area contributed by atoms with Crippen LogP contribution in [0, 0.1) is 5.82 Å². The zero-order valence-electron chi connectivity index (χ0n) is 15.3. The molecule has 1 fully saturated rings. The Balaban J connectivity index is 1.77. The van der Waals surface area contributed by atoms with Crippen molar-refractivity contribution < 1.29 is 14.0 Å². The van der Waals surface area contributed by atoms with Gasteiger partial charge in [-0.05, 0) is 30.5 Å². The Bertz CT molecular complexity index is 816. The van der Waals surface area contributed by atoms with Crippen molar-refractivity contribution in [1.29, 1.82) is 0 Å². The van der Waals surface area contributed by atoms with Crippen LogP contribution < -0.4 is 5.32 Å². The summed E-state index contributed by atoms with van der Waals surface area (Å²) in [5, 5.41) is 3.28. The molecule has 2 heterocycles. The lowest BCUT2D eigenvalue weighted by Gasteiger charge is -2.34. The summed E-state index contributed by atoms with van der Waals surface area (Å²) in [6.45, 7) is 2.69. The Kier molecular flexibility index (Phi) is 6.12. The first-order valence-corrected chi connectivity index (χ1v) is 9.86. The fourth-order valence-electron chi connectivity index (χ4n) is 3.02. The van der Waals surface area contributed by atoms with E-state index in [1.165, 1.54) is 23.9 Å². The van der Waals surface area contributed by atoms with Crippen molar-refractivity contribution in [1.82, 2.24) is 24.7 Å². The monoisotopic (exact) mass is 391 g/mol. The average Bonchev–Trinajstić information content (AvgIpc) is 3.12. The first kappa shape index (κ1) is 19.4. The molecular weight excluding hydrogens is 369 g/mol. The molecule has 2 amide bonds. The lowest BCUT2D eigenvalue weighted by molar-refractivity contribution is -0.122. The maximum absolute atomic E-state index is 13.3. The fraction of sp³-hybridized carbons (Fsp3) is 0.389. The van der Waals surface area contributed by atoms with Crippen molar-refractivity contribution in [2.75, 3.05) is 46.0 Å². The van der Waals surface area contributed by atoms with Crippen LogP contribution in [0.1, 0.15) is 10.5 Å². The topological polar surface area (TPSA) is 70.5 Å². The first-order valence-electron chi connectivity index (χ1n) is 8.63. The SMILES string of the molecule is CNC(=O)CN1CCN(C(=O)c2cnc(SC)n2-c2ccc(F)cc2)CC1. The number of hydrogen-bond acceptors (Lipinski definition) is 5. The number of aromatic nitrogens is 2. The number of hydrogen-bond donors (Lipinski definition) is 1. The Hall–Kier alpha value is -2.39. The minimum atomic E-state index is -0.329. The van der Waals surface area contributed by atoms with Crippen LogP contribution >= 0.6 is 11.8 Å². The predicted octanol–water partition coefficient (Wildman–Crippen LogP) is 1.24. The van der Waals surface area contributed by atoms with Crippen molar-refractivity contribution in [3.63, 3.8) is 0 Å². The summed E-state index contributed by atoms with van der Waals surface area (Å²) >= 11 is 1.42. The smallest absolute Gasteiger partial charge is 0.272 e.